The predicted molar refractivity (Wildman–Crippen MR) is 96.6 cm³/mol. The number of nitrogens with one attached hydrogen (secondary N) is 2. The van der Waals surface area contributed by atoms with Gasteiger partial charge in [-0.25, -0.2) is 0 Å². The fourth-order valence-electron chi connectivity index (χ4n) is 1.85. The summed E-state index contributed by atoms with van der Waals surface area (Å²) in [6.07, 6.45) is 0. The molecule has 0 atom stereocenters. The summed E-state index contributed by atoms with van der Waals surface area (Å²) in [4.78, 5) is 23.5. The minimum absolute atomic E-state index is 0.180. The summed E-state index contributed by atoms with van der Waals surface area (Å²) >= 11 is 11.6. The zero-order chi connectivity index (χ0) is 18.2. The number of hydrogen-bond donors (Lipinski definition) is 2. The van der Waals surface area contributed by atoms with Gasteiger partial charge in [-0.2, -0.15) is 0 Å². The summed E-state index contributed by atoms with van der Waals surface area (Å²) in [6.45, 7) is 0.401. The molecule has 6 nitrogen and oxygen atoms in total. The van der Waals surface area contributed by atoms with Gasteiger partial charge in [0.2, 0.25) is 0 Å². The van der Waals surface area contributed by atoms with Crippen LogP contribution in [0.25, 0.3) is 0 Å². The zero-order valence-corrected chi connectivity index (χ0v) is 14.9. The average molecular weight is 383 g/mol. The second-order valence-electron chi connectivity index (χ2n) is 4.86. The van der Waals surface area contributed by atoms with Gasteiger partial charge in [0.15, 0.2) is 0 Å². The highest BCUT2D eigenvalue weighted by Crippen LogP contribution is 2.24. The molecule has 0 radical (unpaired) electrons. The second-order valence-corrected chi connectivity index (χ2v) is 5.68. The first-order valence-electron chi connectivity index (χ1n) is 7.30. The average Bonchev–Trinajstić information content (AvgIpc) is 2.62. The number of anilines is 1. The van der Waals surface area contributed by atoms with Crippen LogP contribution in [0.2, 0.25) is 10.0 Å². The van der Waals surface area contributed by atoms with Gasteiger partial charge in [-0.3, -0.25) is 9.59 Å². The van der Waals surface area contributed by atoms with E-state index < -0.39 is 11.8 Å². The van der Waals surface area contributed by atoms with Crippen molar-refractivity contribution >= 4 is 40.7 Å². The van der Waals surface area contributed by atoms with Crippen molar-refractivity contribution in [3.8, 4) is 11.5 Å². The highest BCUT2D eigenvalue weighted by Gasteiger charge is 2.13. The monoisotopic (exact) mass is 382 g/mol. The van der Waals surface area contributed by atoms with Crippen LogP contribution in [-0.2, 0) is 9.59 Å². The molecule has 2 amide bonds. The Morgan fingerprint density at radius 3 is 2.28 bits per heavy atom. The van der Waals surface area contributed by atoms with Gasteiger partial charge in [0, 0.05) is 5.69 Å². The van der Waals surface area contributed by atoms with E-state index in [0.29, 0.717) is 16.5 Å². The molecule has 2 N–H and O–H groups in total. The van der Waals surface area contributed by atoms with Crippen LogP contribution in [0.3, 0.4) is 0 Å². The van der Waals surface area contributed by atoms with Gasteiger partial charge >= 0.3 is 11.8 Å². The lowest BCUT2D eigenvalue weighted by molar-refractivity contribution is -0.136. The van der Waals surface area contributed by atoms with Crippen LogP contribution in [0.1, 0.15) is 0 Å². The van der Waals surface area contributed by atoms with Gasteiger partial charge in [0.25, 0.3) is 0 Å². The Morgan fingerprint density at radius 2 is 1.64 bits per heavy atom. The van der Waals surface area contributed by atoms with Gasteiger partial charge < -0.3 is 20.1 Å². The second kappa shape index (κ2) is 9.15. The number of carbonyl (C=O) groups is 2. The van der Waals surface area contributed by atoms with E-state index in [1.807, 2.05) is 0 Å². The fourth-order valence-corrected chi connectivity index (χ4v) is 2.15. The Kier molecular flexibility index (Phi) is 6.91. The summed E-state index contributed by atoms with van der Waals surface area (Å²) < 4.78 is 10.5. The first-order chi connectivity index (χ1) is 12.0. The van der Waals surface area contributed by atoms with Crippen LogP contribution in [0.4, 0.5) is 5.69 Å². The minimum atomic E-state index is -0.803. The number of carbonyl (C=O) groups excluding carboxylic acids is 2. The lowest BCUT2D eigenvalue weighted by Crippen LogP contribution is -2.37. The van der Waals surface area contributed by atoms with Crippen molar-refractivity contribution in [3.05, 3.63) is 52.5 Å². The third-order valence-electron chi connectivity index (χ3n) is 3.10. The number of hydrogen-bond acceptors (Lipinski definition) is 4. The van der Waals surface area contributed by atoms with E-state index in [0.717, 1.165) is 5.75 Å². The Labute approximate surface area is 155 Å². The lowest BCUT2D eigenvalue weighted by Gasteiger charge is -2.09. The molecular weight excluding hydrogens is 367 g/mol. The van der Waals surface area contributed by atoms with Gasteiger partial charge in [-0.1, -0.05) is 23.2 Å². The zero-order valence-electron chi connectivity index (χ0n) is 13.3. The summed E-state index contributed by atoms with van der Waals surface area (Å²) in [5, 5.41) is 5.54. The lowest BCUT2D eigenvalue weighted by atomic mass is 10.3. The molecule has 25 heavy (non-hydrogen) atoms. The van der Waals surface area contributed by atoms with E-state index in [2.05, 4.69) is 10.6 Å². The van der Waals surface area contributed by atoms with Crippen LogP contribution < -0.4 is 20.1 Å². The highest BCUT2D eigenvalue weighted by molar-refractivity contribution is 6.42. The van der Waals surface area contributed by atoms with Crippen LogP contribution >= 0.6 is 23.2 Å². The molecule has 0 spiro atoms. The predicted octanol–water partition coefficient (Wildman–Crippen LogP) is 3.14. The molecule has 0 aliphatic heterocycles. The topological polar surface area (TPSA) is 76.7 Å². The van der Waals surface area contributed by atoms with E-state index in [-0.39, 0.29) is 18.2 Å². The molecule has 132 valence electrons. The Morgan fingerprint density at radius 1 is 0.960 bits per heavy atom. The molecule has 0 fully saturated rings. The van der Waals surface area contributed by atoms with E-state index in [9.17, 15) is 9.59 Å². The molecule has 0 aromatic heterocycles. The number of ether oxygens (including phenoxy) is 2. The van der Waals surface area contributed by atoms with E-state index in [4.69, 9.17) is 32.7 Å². The molecule has 0 saturated heterocycles. The molecule has 2 rings (SSSR count). The molecular formula is C17H16Cl2N2O4. The van der Waals surface area contributed by atoms with E-state index in [1.54, 1.807) is 37.4 Å². The Balaban J connectivity index is 1.73. The molecule has 0 heterocycles. The quantitative estimate of drug-likeness (QED) is 0.594. The van der Waals surface area contributed by atoms with Crippen molar-refractivity contribution in [2.45, 2.75) is 0 Å². The number of benzene rings is 2. The van der Waals surface area contributed by atoms with Gasteiger partial charge in [0.1, 0.15) is 18.1 Å². The molecule has 2 aromatic rings. The molecule has 0 saturated carbocycles. The normalized spacial score (nSPS) is 10.0. The van der Waals surface area contributed by atoms with Crippen molar-refractivity contribution in [2.24, 2.45) is 0 Å². The van der Waals surface area contributed by atoms with Gasteiger partial charge in [-0.15, -0.1) is 0 Å². The smallest absolute Gasteiger partial charge is 0.313 e. The maximum Gasteiger partial charge on any atom is 0.313 e. The number of halogens is 2. The molecule has 0 bridgehead atoms. The van der Waals surface area contributed by atoms with Crippen LogP contribution in [0, 0.1) is 0 Å². The third-order valence-corrected chi connectivity index (χ3v) is 3.84. The van der Waals surface area contributed by atoms with Crippen molar-refractivity contribution in [3.63, 3.8) is 0 Å². The Bertz CT molecular complexity index is 751. The van der Waals surface area contributed by atoms with Gasteiger partial charge in [-0.05, 0) is 42.5 Å². The molecule has 0 unspecified atom stereocenters. The van der Waals surface area contributed by atoms with E-state index >= 15 is 0 Å². The number of amides is 2. The summed E-state index contributed by atoms with van der Waals surface area (Å²) in [6, 6.07) is 11.6. The van der Waals surface area contributed by atoms with Crippen LogP contribution in [-0.4, -0.2) is 32.1 Å². The Hall–Kier alpha value is -2.44. The summed E-state index contributed by atoms with van der Waals surface area (Å²) in [7, 11) is 1.58. The fraction of sp³-hybridized carbons (Fsp3) is 0.176. The molecule has 8 heteroatoms. The van der Waals surface area contributed by atoms with Crippen molar-refractivity contribution in [1.29, 1.82) is 0 Å². The standard InChI is InChI=1S/C17H16Cl2N2O4/c1-24-12-3-5-13(6-4-12)25-9-8-20-16(22)17(23)21-11-2-7-14(18)15(19)10-11/h2-7,10H,8-9H2,1H3,(H,20,22)(H,21,23). The van der Waals surface area contributed by atoms with Gasteiger partial charge in [0.05, 0.1) is 23.7 Å². The number of methoxy groups -OCH3 is 1. The molecule has 0 aliphatic carbocycles. The maximum absolute atomic E-state index is 11.8. The third kappa shape index (κ3) is 5.85. The van der Waals surface area contributed by atoms with Crippen molar-refractivity contribution in [1.82, 2.24) is 5.32 Å². The summed E-state index contributed by atoms with van der Waals surface area (Å²) in [5.74, 6) is -0.220. The van der Waals surface area contributed by atoms with Crippen molar-refractivity contribution < 1.29 is 19.1 Å². The van der Waals surface area contributed by atoms with Crippen molar-refractivity contribution in [2.75, 3.05) is 25.6 Å². The maximum atomic E-state index is 11.8. The molecule has 2 aromatic carbocycles. The molecule has 0 aliphatic rings. The highest BCUT2D eigenvalue weighted by atomic mass is 35.5. The summed E-state index contributed by atoms with van der Waals surface area (Å²) in [5.41, 5.74) is 0.379. The SMILES string of the molecule is COc1ccc(OCCNC(=O)C(=O)Nc2ccc(Cl)c(Cl)c2)cc1. The first kappa shape index (κ1) is 18.9. The van der Waals surface area contributed by atoms with Crippen LogP contribution in [0.5, 0.6) is 11.5 Å². The van der Waals surface area contributed by atoms with E-state index in [1.165, 1.54) is 12.1 Å². The minimum Gasteiger partial charge on any atom is -0.497 e. The largest absolute Gasteiger partial charge is 0.497 e. The van der Waals surface area contributed by atoms with Crippen LogP contribution in [0.15, 0.2) is 42.5 Å². The first-order valence-corrected chi connectivity index (χ1v) is 8.06. The number of rotatable bonds is 6.